The number of esters is 1. The van der Waals surface area contributed by atoms with E-state index in [1.165, 1.54) is 0 Å². The zero-order valence-corrected chi connectivity index (χ0v) is 11.3. The zero-order chi connectivity index (χ0) is 14.4. The molecule has 1 aromatic heterocycles. The summed E-state index contributed by atoms with van der Waals surface area (Å²) in [7, 11) is 0. The summed E-state index contributed by atoms with van der Waals surface area (Å²) in [5.74, 6) is -0.454. The summed E-state index contributed by atoms with van der Waals surface area (Å²) < 4.78 is 5.16. The molecule has 0 saturated heterocycles. The van der Waals surface area contributed by atoms with Crippen molar-refractivity contribution in [2.45, 2.75) is 25.6 Å². The van der Waals surface area contributed by atoms with Crippen LogP contribution in [-0.4, -0.2) is 16.1 Å². The Bertz CT molecular complexity index is 552. The van der Waals surface area contributed by atoms with E-state index in [0.717, 1.165) is 5.56 Å². The number of hydrogen-bond acceptors (Lipinski definition) is 4. The molecular formula is C16H17NO3. The number of carbonyl (C=O) groups is 1. The number of aromatic nitrogens is 1. The van der Waals surface area contributed by atoms with Gasteiger partial charge in [-0.15, -0.1) is 0 Å². The van der Waals surface area contributed by atoms with E-state index in [0.29, 0.717) is 5.69 Å². The van der Waals surface area contributed by atoms with E-state index in [2.05, 4.69) is 4.98 Å². The lowest BCUT2D eigenvalue weighted by molar-refractivity contribution is -0.150. The number of hydrogen-bond donors (Lipinski definition) is 1. The molecule has 0 aliphatic heterocycles. The van der Waals surface area contributed by atoms with Gasteiger partial charge in [-0.2, -0.15) is 0 Å². The van der Waals surface area contributed by atoms with Crippen molar-refractivity contribution in [3.63, 3.8) is 0 Å². The minimum atomic E-state index is -1.32. The zero-order valence-electron chi connectivity index (χ0n) is 11.3. The number of benzene rings is 1. The molecule has 0 saturated carbocycles. The number of pyridine rings is 1. The van der Waals surface area contributed by atoms with E-state index in [9.17, 15) is 9.90 Å². The maximum absolute atomic E-state index is 11.8. The van der Waals surface area contributed by atoms with E-state index in [1.54, 1.807) is 31.3 Å². The monoisotopic (exact) mass is 271 g/mol. The van der Waals surface area contributed by atoms with Gasteiger partial charge in [-0.1, -0.05) is 36.4 Å². The van der Waals surface area contributed by atoms with E-state index in [-0.39, 0.29) is 13.0 Å². The first-order valence-electron chi connectivity index (χ1n) is 6.41. The van der Waals surface area contributed by atoms with Crippen LogP contribution in [0, 0.1) is 0 Å². The van der Waals surface area contributed by atoms with Gasteiger partial charge < -0.3 is 9.84 Å². The first-order chi connectivity index (χ1) is 9.58. The first-order valence-corrected chi connectivity index (χ1v) is 6.41. The molecule has 0 fully saturated rings. The third-order valence-electron chi connectivity index (χ3n) is 2.95. The maximum Gasteiger partial charge on any atom is 0.309 e. The Morgan fingerprint density at radius 3 is 2.55 bits per heavy atom. The highest BCUT2D eigenvalue weighted by Gasteiger charge is 2.28. The van der Waals surface area contributed by atoms with Crippen LogP contribution >= 0.6 is 0 Å². The molecule has 1 N–H and O–H groups in total. The second kappa shape index (κ2) is 6.30. The van der Waals surface area contributed by atoms with E-state index >= 15 is 0 Å². The second-order valence-electron chi connectivity index (χ2n) is 4.81. The Balaban J connectivity index is 1.91. The summed E-state index contributed by atoms with van der Waals surface area (Å²) in [6.07, 6.45) is 1.45. The summed E-state index contributed by atoms with van der Waals surface area (Å²) in [5, 5.41) is 10.3. The van der Waals surface area contributed by atoms with Crippen molar-refractivity contribution < 1.29 is 14.6 Å². The van der Waals surface area contributed by atoms with Gasteiger partial charge in [-0.3, -0.25) is 9.78 Å². The highest BCUT2D eigenvalue weighted by atomic mass is 16.5. The molecular weight excluding hydrogens is 254 g/mol. The molecule has 1 aromatic carbocycles. The summed E-state index contributed by atoms with van der Waals surface area (Å²) in [5.41, 5.74) is 0.0460. The predicted octanol–water partition coefficient (Wildman–Crippen LogP) is 2.42. The molecule has 0 radical (unpaired) electrons. The maximum atomic E-state index is 11.8. The van der Waals surface area contributed by atoms with Crippen molar-refractivity contribution in [2.24, 2.45) is 0 Å². The molecule has 0 amide bonds. The molecule has 0 spiro atoms. The predicted molar refractivity (Wildman–Crippen MR) is 74.7 cm³/mol. The molecule has 4 nitrogen and oxygen atoms in total. The Morgan fingerprint density at radius 2 is 1.90 bits per heavy atom. The lowest BCUT2D eigenvalue weighted by Crippen LogP contribution is -2.27. The van der Waals surface area contributed by atoms with Crippen molar-refractivity contribution in [3.8, 4) is 0 Å². The number of nitrogens with zero attached hydrogens (tertiary/aromatic N) is 1. The van der Waals surface area contributed by atoms with Gasteiger partial charge in [0.2, 0.25) is 0 Å². The van der Waals surface area contributed by atoms with Crippen LogP contribution in [0.25, 0.3) is 0 Å². The summed E-state index contributed by atoms with van der Waals surface area (Å²) in [6.45, 7) is 1.76. The number of ether oxygens (including phenoxy) is 1. The molecule has 0 bridgehead atoms. The Labute approximate surface area is 118 Å². The van der Waals surface area contributed by atoms with E-state index < -0.39 is 11.6 Å². The van der Waals surface area contributed by atoms with Gasteiger partial charge in [-0.05, 0) is 24.6 Å². The van der Waals surface area contributed by atoms with Gasteiger partial charge in [0, 0.05) is 6.20 Å². The highest BCUT2D eigenvalue weighted by Crippen LogP contribution is 2.22. The molecule has 1 unspecified atom stereocenters. The van der Waals surface area contributed by atoms with Crippen LogP contribution in [0.15, 0.2) is 54.7 Å². The Morgan fingerprint density at radius 1 is 1.20 bits per heavy atom. The number of carbonyl (C=O) groups excluding carboxylic acids is 1. The van der Waals surface area contributed by atoms with Crippen LogP contribution in [0.3, 0.4) is 0 Å². The summed E-state index contributed by atoms with van der Waals surface area (Å²) in [4.78, 5) is 15.9. The van der Waals surface area contributed by atoms with E-state index in [4.69, 9.17) is 4.74 Å². The van der Waals surface area contributed by atoms with Crippen molar-refractivity contribution in [1.29, 1.82) is 0 Å². The van der Waals surface area contributed by atoms with Crippen LogP contribution in [0.1, 0.15) is 24.6 Å². The molecule has 1 heterocycles. The van der Waals surface area contributed by atoms with Crippen LogP contribution in [-0.2, 0) is 21.7 Å². The Hall–Kier alpha value is -2.20. The minimum Gasteiger partial charge on any atom is -0.461 e. The van der Waals surface area contributed by atoms with Gasteiger partial charge in [0.15, 0.2) is 0 Å². The van der Waals surface area contributed by atoms with Crippen molar-refractivity contribution in [2.75, 3.05) is 0 Å². The van der Waals surface area contributed by atoms with Crippen LogP contribution in [0.5, 0.6) is 0 Å². The molecule has 2 rings (SSSR count). The largest absolute Gasteiger partial charge is 0.461 e. The van der Waals surface area contributed by atoms with Gasteiger partial charge in [0.25, 0.3) is 0 Å². The topological polar surface area (TPSA) is 59.4 Å². The molecule has 2 aromatic rings. The fourth-order valence-corrected chi connectivity index (χ4v) is 1.84. The van der Waals surface area contributed by atoms with Crippen molar-refractivity contribution >= 4 is 5.97 Å². The van der Waals surface area contributed by atoms with Crippen molar-refractivity contribution in [1.82, 2.24) is 4.98 Å². The lowest BCUT2D eigenvalue weighted by Gasteiger charge is -2.21. The molecule has 0 aliphatic carbocycles. The Kier molecular flexibility index (Phi) is 4.48. The molecule has 104 valence electrons. The van der Waals surface area contributed by atoms with Crippen LogP contribution in [0.2, 0.25) is 0 Å². The smallest absolute Gasteiger partial charge is 0.309 e. The standard InChI is InChI=1S/C16H17NO3/c1-16(19,14-9-5-6-10-17-14)11-15(18)20-12-13-7-3-2-4-8-13/h2-10,19H,11-12H2,1H3. The van der Waals surface area contributed by atoms with E-state index in [1.807, 2.05) is 30.3 Å². The van der Waals surface area contributed by atoms with Crippen LogP contribution in [0.4, 0.5) is 0 Å². The number of rotatable bonds is 5. The van der Waals surface area contributed by atoms with Gasteiger partial charge in [0.1, 0.15) is 12.2 Å². The molecule has 1 atom stereocenters. The van der Waals surface area contributed by atoms with Crippen LogP contribution < -0.4 is 0 Å². The van der Waals surface area contributed by atoms with Crippen molar-refractivity contribution in [3.05, 3.63) is 66.0 Å². The molecule has 20 heavy (non-hydrogen) atoms. The normalized spacial score (nSPS) is 13.5. The fourth-order valence-electron chi connectivity index (χ4n) is 1.84. The minimum absolute atomic E-state index is 0.128. The average molecular weight is 271 g/mol. The highest BCUT2D eigenvalue weighted by molar-refractivity contribution is 5.70. The molecule has 4 heteroatoms. The van der Waals surface area contributed by atoms with Gasteiger partial charge in [0.05, 0.1) is 12.1 Å². The second-order valence-corrected chi connectivity index (χ2v) is 4.81. The lowest BCUT2D eigenvalue weighted by atomic mass is 9.97. The third kappa shape index (κ3) is 3.90. The summed E-state index contributed by atoms with van der Waals surface area (Å²) in [6, 6.07) is 14.6. The quantitative estimate of drug-likeness (QED) is 0.848. The van der Waals surface area contributed by atoms with Gasteiger partial charge >= 0.3 is 5.97 Å². The first kappa shape index (κ1) is 14.2. The molecule has 0 aliphatic rings. The van der Waals surface area contributed by atoms with Gasteiger partial charge in [-0.25, -0.2) is 0 Å². The third-order valence-corrected chi connectivity index (χ3v) is 2.95. The average Bonchev–Trinajstić information content (AvgIpc) is 2.47. The fraction of sp³-hybridized carbons (Fsp3) is 0.250. The SMILES string of the molecule is CC(O)(CC(=O)OCc1ccccc1)c1ccccn1. The number of aliphatic hydroxyl groups is 1. The summed E-state index contributed by atoms with van der Waals surface area (Å²) >= 11 is 0.